The first-order valence-corrected chi connectivity index (χ1v) is 8.65. The summed E-state index contributed by atoms with van der Waals surface area (Å²) in [6.07, 6.45) is 3.71. The second kappa shape index (κ2) is 7.27. The number of hydrogen-bond acceptors (Lipinski definition) is 5. The molecule has 0 saturated heterocycles. The summed E-state index contributed by atoms with van der Waals surface area (Å²) in [5.74, 6) is 0.207. The number of carbonyl (C=O) groups excluding carboxylic acids is 1. The number of benzene rings is 1. The normalized spacial score (nSPS) is 10.6. The van der Waals surface area contributed by atoms with Crippen LogP contribution in [-0.2, 0) is 6.54 Å². The van der Waals surface area contributed by atoms with Crippen LogP contribution in [0.15, 0.2) is 53.8 Å². The zero-order valence-electron chi connectivity index (χ0n) is 13.4. The standard InChI is InChI=1S/C17H17N5OS/c1-12-10-14(19-17(18-12)24-2)16(23)20-15-8-9-22(21-15)11-13-6-4-3-5-7-13/h3-10H,11H2,1-2H3,(H,20,21,23). The predicted octanol–water partition coefficient (Wildman–Crippen LogP) is 3.00. The Kier molecular flexibility index (Phi) is 4.90. The maximum Gasteiger partial charge on any atom is 0.275 e. The monoisotopic (exact) mass is 339 g/mol. The van der Waals surface area contributed by atoms with Crippen molar-refractivity contribution in [2.45, 2.75) is 18.6 Å². The highest BCUT2D eigenvalue weighted by molar-refractivity contribution is 7.98. The summed E-state index contributed by atoms with van der Waals surface area (Å²) in [4.78, 5) is 20.8. The lowest BCUT2D eigenvalue weighted by molar-refractivity contribution is 0.102. The van der Waals surface area contributed by atoms with Crippen molar-refractivity contribution in [1.29, 1.82) is 0 Å². The van der Waals surface area contributed by atoms with Crippen molar-refractivity contribution in [3.63, 3.8) is 0 Å². The molecule has 1 N–H and O–H groups in total. The van der Waals surface area contributed by atoms with Gasteiger partial charge in [0.25, 0.3) is 5.91 Å². The minimum absolute atomic E-state index is 0.291. The van der Waals surface area contributed by atoms with E-state index in [1.54, 1.807) is 16.8 Å². The first-order valence-electron chi connectivity index (χ1n) is 7.42. The molecule has 24 heavy (non-hydrogen) atoms. The minimum Gasteiger partial charge on any atom is -0.304 e. The lowest BCUT2D eigenvalue weighted by atomic mass is 10.2. The molecule has 6 nitrogen and oxygen atoms in total. The third-order valence-corrected chi connectivity index (χ3v) is 3.87. The Morgan fingerprint density at radius 2 is 2.00 bits per heavy atom. The maximum absolute atomic E-state index is 12.3. The Hall–Kier alpha value is -2.67. The number of hydrogen-bond donors (Lipinski definition) is 1. The van der Waals surface area contributed by atoms with Gasteiger partial charge in [-0.25, -0.2) is 9.97 Å². The van der Waals surface area contributed by atoms with E-state index in [9.17, 15) is 4.79 Å². The largest absolute Gasteiger partial charge is 0.304 e. The predicted molar refractivity (Wildman–Crippen MR) is 94.3 cm³/mol. The van der Waals surface area contributed by atoms with Gasteiger partial charge in [0.05, 0.1) is 6.54 Å². The van der Waals surface area contributed by atoms with Crippen LogP contribution in [0.1, 0.15) is 21.7 Å². The van der Waals surface area contributed by atoms with Gasteiger partial charge in [-0.15, -0.1) is 0 Å². The summed E-state index contributed by atoms with van der Waals surface area (Å²) in [6.45, 7) is 2.49. The van der Waals surface area contributed by atoms with Gasteiger partial charge in [0.2, 0.25) is 0 Å². The number of nitrogens with zero attached hydrogens (tertiary/aromatic N) is 4. The van der Waals surface area contributed by atoms with Crippen LogP contribution in [0.5, 0.6) is 0 Å². The van der Waals surface area contributed by atoms with Gasteiger partial charge in [-0.05, 0) is 24.8 Å². The number of carbonyl (C=O) groups is 1. The van der Waals surface area contributed by atoms with E-state index < -0.39 is 0 Å². The van der Waals surface area contributed by atoms with Crippen molar-refractivity contribution in [3.05, 3.63) is 65.6 Å². The molecule has 122 valence electrons. The third-order valence-electron chi connectivity index (χ3n) is 3.32. The Labute approximate surface area is 144 Å². The van der Waals surface area contributed by atoms with Crippen LogP contribution in [0.4, 0.5) is 5.82 Å². The molecule has 0 radical (unpaired) electrons. The van der Waals surface area contributed by atoms with Crippen molar-refractivity contribution >= 4 is 23.5 Å². The molecular weight excluding hydrogens is 322 g/mol. The van der Waals surface area contributed by atoms with Crippen LogP contribution in [0, 0.1) is 6.92 Å². The van der Waals surface area contributed by atoms with Crippen LogP contribution in [-0.4, -0.2) is 31.9 Å². The highest BCUT2D eigenvalue weighted by Gasteiger charge is 2.12. The minimum atomic E-state index is -0.291. The highest BCUT2D eigenvalue weighted by atomic mass is 32.2. The molecule has 0 aliphatic carbocycles. The number of aromatic nitrogens is 4. The van der Waals surface area contributed by atoms with Crippen molar-refractivity contribution in [2.75, 3.05) is 11.6 Å². The Morgan fingerprint density at radius 1 is 1.21 bits per heavy atom. The van der Waals surface area contributed by atoms with Crippen molar-refractivity contribution in [2.24, 2.45) is 0 Å². The fourth-order valence-electron chi connectivity index (χ4n) is 2.22. The van der Waals surface area contributed by atoms with E-state index in [-0.39, 0.29) is 5.91 Å². The molecule has 0 spiro atoms. The van der Waals surface area contributed by atoms with Gasteiger partial charge in [0.1, 0.15) is 5.69 Å². The van der Waals surface area contributed by atoms with Crippen LogP contribution < -0.4 is 5.32 Å². The molecule has 2 heterocycles. The van der Waals surface area contributed by atoms with Gasteiger partial charge in [0, 0.05) is 18.0 Å². The summed E-state index contributed by atoms with van der Waals surface area (Å²) >= 11 is 1.40. The second-order valence-electron chi connectivity index (χ2n) is 5.22. The topological polar surface area (TPSA) is 72.7 Å². The van der Waals surface area contributed by atoms with Crippen LogP contribution in [0.3, 0.4) is 0 Å². The van der Waals surface area contributed by atoms with Gasteiger partial charge in [-0.1, -0.05) is 42.1 Å². The van der Waals surface area contributed by atoms with Gasteiger partial charge in [-0.2, -0.15) is 5.10 Å². The first-order chi connectivity index (χ1) is 11.6. The number of anilines is 1. The Bertz CT molecular complexity index is 847. The molecule has 3 aromatic rings. The number of rotatable bonds is 5. The van der Waals surface area contributed by atoms with Crippen LogP contribution >= 0.6 is 11.8 Å². The van der Waals surface area contributed by atoms with E-state index in [1.807, 2.05) is 49.7 Å². The average molecular weight is 339 g/mol. The molecule has 0 aliphatic heterocycles. The highest BCUT2D eigenvalue weighted by Crippen LogP contribution is 2.12. The van der Waals surface area contributed by atoms with Gasteiger partial charge >= 0.3 is 0 Å². The molecule has 2 aromatic heterocycles. The van der Waals surface area contributed by atoms with E-state index >= 15 is 0 Å². The first kappa shape index (κ1) is 16.2. The van der Waals surface area contributed by atoms with Crippen molar-refractivity contribution in [3.8, 4) is 0 Å². The molecule has 7 heteroatoms. The lowest BCUT2D eigenvalue weighted by Crippen LogP contribution is -2.15. The van der Waals surface area contributed by atoms with Gasteiger partial charge in [-0.3, -0.25) is 9.48 Å². The van der Waals surface area contributed by atoms with Gasteiger partial charge in [0.15, 0.2) is 11.0 Å². The molecule has 0 unspecified atom stereocenters. The number of aryl methyl sites for hydroxylation is 1. The molecule has 0 saturated carbocycles. The maximum atomic E-state index is 12.3. The zero-order valence-corrected chi connectivity index (χ0v) is 14.2. The Morgan fingerprint density at radius 3 is 2.75 bits per heavy atom. The van der Waals surface area contributed by atoms with Crippen molar-refractivity contribution in [1.82, 2.24) is 19.7 Å². The summed E-state index contributed by atoms with van der Waals surface area (Å²) in [7, 11) is 0. The number of nitrogens with one attached hydrogen (secondary N) is 1. The second-order valence-corrected chi connectivity index (χ2v) is 5.99. The summed E-state index contributed by atoms with van der Waals surface area (Å²) < 4.78 is 1.78. The quantitative estimate of drug-likeness (QED) is 0.571. The van der Waals surface area contributed by atoms with Crippen molar-refractivity contribution < 1.29 is 4.79 Å². The molecule has 3 rings (SSSR count). The molecule has 0 aliphatic rings. The zero-order chi connectivity index (χ0) is 16.9. The summed E-state index contributed by atoms with van der Waals surface area (Å²) in [5.41, 5.74) is 2.24. The molecule has 0 fully saturated rings. The molecule has 0 atom stereocenters. The average Bonchev–Trinajstić information content (AvgIpc) is 3.02. The Balaban J connectivity index is 1.70. The molecule has 0 bridgehead atoms. The number of amides is 1. The molecular formula is C17H17N5OS. The van der Waals surface area contributed by atoms with Gasteiger partial charge < -0.3 is 5.32 Å². The molecule has 1 amide bonds. The van der Waals surface area contributed by atoms with E-state index in [0.29, 0.717) is 23.2 Å². The fourth-order valence-corrected chi connectivity index (χ4v) is 2.64. The summed E-state index contributed by atoms with van der Waals surface area (Å²) in [6, 6.07) is 13.5. The van der Waals surface area contributed by atoms with E-state index in [4.69, 9.17) is 0 Å². The van der Waals surface area contributed by atoms with E-state index in [2.05, 4.69) is 20.4 Å². The smallest absolute Gasteiger partial charge is 0.275 e. The summed E-state index contributed by atoms with van der Waals surface area (Å²) in [5, 5.41) is 7.72. The SMILES string of the molecule is CSc1nc(C)cc(C(=O)Nc2ccn(Cc3ccccc3)n2)n1. The number of thioether (sulfide) groups is 1. The lowest BCUT2D eigenvalue weighted by Gasteiger charge is -2.04. The van der Waals surface area contributed by atoms with E-state index in [1.165, 1.54) is 11.8 Å². The van der Waals surface area contributed by atoms with Crippen LogP contribution in [0.2, 0.25) is 0 Å². The fraction of sp³-hybridized carbons (Fsp3) is 0.176. The van der Waals surface area contributed by atoms with Crippen LogP contribution in [0.25, 0.3) is 0 Å². The third kappa shape index (κ3) is 3.99. The van der Waals surface area contributed by atoms with E-state index in [0.717, 1.165) is 11.3 Å². The molecule has 1 aromatic carbocycles.